The number of amides is 1. The van der Waals surface area contributed by atoms with Crippen molar-refractivity contribution in [3.63, 3.8) is 0 Å². The van der Waals surface area contributed by atoms with Gasteiger partial charge in [0.2, 0.25) is 5.91 Å². The average molecular weight is 403 g/mol. The van der Waals surface area contributed by atoms with Gasteiger partial charge in [-0.1, -0.05) is 18.2 Å². The number of ether oxygens (including phenoxy) is 1. The standard InChI is InChI=1S/C22H27FN2O2S/c1-16-14-17(8-13-27-16)22(26)25-11-9-24(10-12-25)15-18-6-7-21(28-18)19-4-2-3-5-20(19)23/h2-7,16-17H,8-15H2,1H3/t16-,17-/m0/s1. The second-order valence-electron chi connectivity index (χ2n) is 7.75. The third kappa shape index (κ3) is 4.45. The fourth-order valence-electron chi connectivity index (χ4n) is 4.10. The van der Waals surface area contributed by atoms with Crippen molar-refractivity contribution in [3.8, 4) is 10.4 Å². The van der Waals surface area contributed by atoms with Gasteiger partial charge in [0.05, 0.1) is 6.10 Å². The number of hydrogen-bond acceptors (Lipinski definition) is 4. The van der Waals surface area contributed by atoms with E-state index in [1.165, 1.54) is 10.9 Å². The van der Waals surface area contributed by atoms with Crippen molar-refractivity contribution in [2.75, 3.05) is 32.8 Å². The van der Waals surface area contributed by atoms with Crippen LogP contribution in [0.5, 0.6) is 0 Å². The average Bonchev–Trinajstić information content (AvgIpc) is 3.16. The highest BCUT2D eigenvalue weighted by molar-refractivity contribution is 7.15. The third-order valence-electron chi connectivity index (χ3n) is 5.70. The Bertz CT molecular complexity index is 816. The van der Waals surface area contributed by atoms with E-state index in [0.29, 0.717) is 18.1 Å². The van der Waals surface area contributed by atoms with E-state index in [9.17, 15) is 9.18 Å². The first-order chi connectivity index (χ1) is 13.6. The van der Waals surface area contributed by atoms with Crippen LogP contribution in [0.15, 0.2) is 36.4 Å². The molecule has 4 nitrogen and oxygen atoms in total. The van der Waals surface area contributed by atoms with Gasteiger partial charge in [0.25, 0.3) is 0 Å². The van der Waals surface area contributed by atoms with Gasteiger partial charge in [0, 0.05) is 60.6 Å². The molecule has 28 heavy (non-hydrogen) atoms. The van der Waals surface area contributed by atoms with E-state index in [2.05, 4.69) is 11.0 Å². The number of benzene rings is 1. The summed E-state index contributed by atoms with van der Waals surface area (Å²) in [5.74, 6) is 0.245. The van der Waals surface area contributed by atoms with Crippen LogP contribution in [0.25, 0.3) is 10.4 Å². The van der Waals surface area contributed by atoms with E-state index in [4.69, 9.17) is 4.74 Å². The maximum absolute atomic E-state index is 14.0. The lowest BCUT2D eigenvalue weighted by Gasteiger charge is -2.37. The summed E-state index contributed by atoms with van der Waals surface area (Å²) in [6.45, 7) is 6.95. The number of rotatable bonds is 4. The SMILES string of the molecule is C[C@H]1C[C@@H](C(=O)N2CCN(Cc3ccc(-c4ccccc4F)s3)CC2)CCO1. The van der Waals surface area contributed by atoms with Crippen LogP contribution in [0.3, 0.4) is 0 Å². The molecule has 0 radical (unpaired) electrons. The molecule has 150 valence electrons. The van der Waals surface area contributed by atoms with Crippen molar-refractivity contribution in [2.45, 2.75) is 32.4 Å². The molecule has 0 N–H and O–H groups in total. The smallest absolute Gasteiger partial charge is 0.225 e. The highest BCUT2D eigenvalue weighted by atomic mass is 32.1. The monoisotopic (exact) mass is 402 g/mol. The second-order valence-corrected chi connectivity index (χ2v) is 8.92. The van der Waals surface area contributed by atoms with Crippen LogP contribution in [0.2, 0.25) is 0 Å². The summed E-state index contributed by atoms with van der Waals surface area (Å²) in [5, 5.41) is 0. The molecule has 2 atom stereocenters. The van der Waals surface area contributed by atoms with Gasteiger partial charge >= 0.3 is 0 Å². The Morgan fingerprint density at radius 2 is 1.96 bits per heavy atom. The Hall–Kier alpha value is -1.76. The summed E-state index contributed by atoms with van der Waals surface area (Å²) in [5.41, 5.74) is 0.667. The van der Waals surface area contributed by atoms with Crippen molar-refractivity contribution >= 4 is 17.2 Å². The second kappa shape index (κ2) is 8.72. The van der Waals surface area contributed by atoms with Gasteiger partial charge in [0.15, 0.2) is 0 Å². The number of carbonyl (C=O) groups excluding carboxylic acids is 1. The summed E-state index contributed by atoms with van der Waals surface area (Å²) in [6, 6.07) is 11.0. The molecular weight excluding hydrogens is 375 g/mol. The zero-order chi connectivity index (χ0) is 19.5. The van der Waals surface area contributed by atoms with E-state index in [-0.39, 0.29) is 17.8 Å². The molecule has 4 rings (SSSR count). The van der Waals surface area contributed by atoms with Gasteiger partial charge in [0.1, 0.15) is 5.82 Å². The Kier molecular flexibility index (Phi) is 6.09. The van der Waals surface area contributed by atoms with Crippen LogP contribution < -0.4 is 0 Å². The molecule has 0 spiro atoms. The van der Waals surface area contributed by atoms with Gasteiger partial charge < -0.3 is 9.64 Å². The highest BCUT2D eigenvalue weighted by Gasteiger charge is 2.31. The normalized spacial score (nSPS) is 23.7. The molecule has 1 aromatic heterocycles. The first-order valence-electron chi connectivity index (χ1n) is 10.1. The van der Waals surface area contributed by atoms with E-state index in [1.54, 1.807) is 17.4 Å². The lowest BCUT2D eigenvalue weighted by Crippen LogP contribution is -2.50. The maximum Gasteiger partial charge on any atom is 0.225 e. The Morgan fingerprint density at radius 1 is 1.18 bits per heavy atom. The van der Waals surface area contributed by atoms with Crippen LogP contribution in [-0.2, 0) is 16.1 Å². The maximum atomic E-state index is 14.0. The van der Waals surface area contributed by atoms with Crippen LogP contribution in [-0.4, -0.2) is 54.6 Å². The van der Waals surface area contributed by atoms with E-state index in [1.807, 2.05) is 30.0 Å². The van der Waals surface area contributed by atoms with Crippen molar-refractivity contribution in [2.24, 2.45) is 5.92 Å². The number of hydrogen-bond donors (Lipinski definition) is 0. The molecule has 2 fully saturated rings. The number of carbonyl (C=O) groups is 1. The lowest BCUT2D eigenvalue weighted by atomic mass is 9.94. The van der Waals surface area contributed by atoms with Crippen molar-refractivity contribution in [1.29, 1.82) is 0 Å². The molecule has 2 aliphatic heterocycles. The van der Waals surface area contributed by atoms with E-state index >= 15 is 0 Å². The van der Waals surface area contributed by atoms with Crippen LogP contribution in [0, 0.1) is 11.7 Å². The van der Waals surface area contributed by atoms with Crippen molar-refractivity contribution in [3.05, 3.63) is 47.1 Å². The fourth-order valence-corrected chi connectivity index (χ4v) is 5.17. The molecule has 0 unspecified atom stereocenters. The first kappa shape index (κ1) is 19.6. The summed E-state index contributed by atoms with van der Waals surface area (Å²) in [6.07, 6.45) is 1.87. The van der Waals surface area contributed by atoms with Crippen LogP contribution in [0.4, 0.5) is 4.39 Å². The minimum Gasteiger partial charge on any atom is -0.378 e. The van der Waals surface area contributed by atoms with E-state index in [0.717, 1.165) is 50.4 Å². The summed E-state index contributed by atoms with van der Waals surface area (Å²) < 4.78 is 19.6. The van der Waals surface area contributed by atoms with Crippen LogP contribution >= 0.6 is 11.3 Å². The predicted molar refractivity (Wildman–Crippen MR) is 110 cm³/mol. The molecule has 6 heteroatoms. The summed E-state index contributed by atoms with van der Waals surface area (Å²) in [4.78, 5) is 19.4. The minimum atomic E-state index is -0.176. The van der Waals surface area contributed by atoms with Crippen LogP contribution in [0.1, 0.15) is 24.6 Å². The molecule has 1 aromatic carbocycles. The predicted octanol–water partition coefficient (Wildman–Crippen LogP) is 4.01. The molecule has 0 saturated carbocycles. The minimum absolute atomic E-state index is 0.121. The fraction of sp³-hybridized carbons (Fsp3) is 0.500. The number of piperazine rings is 1. The van der Waals surface area contributed by atoms with Crippen molar-refractivity contribution < 1.29 is 13.9 Å². The molecule has 1 amide bonds. The summed E-state index contributed by atoms with van der Waals surface area (Å²) >= 11 is 1.65. The summed E-state index contributed by atoms with van der Waals surface area (Å²) in [7, 11) is 0. The lowest BCUT2D eigenvalue weighted by molar-refractivity contribution is -0.142. The topological polar surface area (TPSA) is 32.8 Å². The molecular formula is C22H27FN2O2S. The first-order valence-corrected chi connectivity index (χ1v) is 10.9. The number of nitrogens with zero attached hydrogens (tertiary/aromatic N) is 2. The van der Waals surface area contributed by atoms with Gasteiger partial charge in [-0.05, 0) is 38.0 Å². The Labute approximate surface area is 169 Å². The Balaban J connectivity index is 1.30. The molecule has 0 bridgehead atoms. The molecule has 2 saturated heterocycles. The molecule has 3 heterocycles. The van der Waals surface area contributed by atoms with Gasteiger partial charge in [-0.3, -0.25) is 9.69 Å². The molecule has 2 aliphatic rings. The zero-order valence-electron chi connectivity index (χ0n) is 16.3. The third-order valence-corrected chi connectivity index (χ3v) is 6.80. The van der Waals surface area contributed by atoms with Gasteiger partial charge in [-0.25, -0.2) is 4.39 Å². The largest absolute Gasteiger partial charge is 0.378 e. The quantitative estimate of drug-likeness (QED) is 0.775. The molecule has 0 aliphatic carbocycles. The Morgan fingerprint density at radius 3 is 2.71 bits per heavy atom. The van der Waals surface area contributed by atoms with Gasteiger partial charge in [-0.2, -0.15) is 0 Å². The zero-order valence-corrected chi connectivity index (χ0v) is 17.1. The van der Waals surface area contributed by atoms with E-state index < -0.39 is 0 Å². The number of halogens is 1. The molecule has 2 aromatic rings. The van der Waals surface area contributed by atoms with Crippen molar-refractivity contribution in [1.82, 2.24) is 9.80 Å². The van der Waals surface area contributed by atoms with Gasteiger partial charge in [-0.15, -0.1) is 11.3 Å². The highest BCUT2D eigenvalue weighted by Crippen LogP contribution is 2.31. The number of thiophene rings is 1.